The van der Waals surface area contributed by atoms with E-state index in [9.17, 15) is 13.2 Å². The summed E-state index contributed by atoms with van der Waals surface area (Å²) >= 11 is 7.63. The normalized spacial score (nSPS) is 11.9. The Bertz CT molecular complexity index is 1210. The number of hydrogen-bond acceptors (Lipinski definition) is 5. The van der Waals surface area contributed by atoms with E-state index < -0.39 is 22.5 Å². The maximum Gasteiger partial charge on any atom is 0.264 e. The number of anilines is 1. The van der Waals surface area contributed by atoms with Crippen LogP contribution in [-0.4, -0.2) is 26.6 Å². The molecule has 0 aliphatic rings. The van der Waals surface area contributed by atoms with Gasteiger partial charge >= 0.3 is 0 Å². The second-order valence-corrected chi connectivity index (χ2v) is 10.2. The van der Waals surface area contributed by atoms with E-state index in [0.29, 0.717) is 22.0 Å². The van der Waals surface area contributed by atoms with Gasteiger partial charge in [0.15, 0.2) is 0 Å². The summed E-state index contributed by atoms with van der Waals surface area (Å²) in [6, 6.07) is 15.2. The smallest absolute Gasteiger partial charge is 0.264 e. The highest BCUT2D eigenvalue weighted by atomic mass is 35.5. The number of carbonyl (C=O) groups is 1. The van der Waals surface area contributed by atoms with Crippen LogP contribution in [0.15, 0.2) is 70.0 Å². The molecule has 3 aromatic rings. The topological polar surface area (TPSA) is 78.8 Å². The van der Waals surface area contributed by atoms with Crippen LogP contribution in [0.25, 0.3) is 0 Å². The second kappa shape index (κ2) is 9.64. The minimum absolute atomic E-state index is 0.0866. The summed E-state index contributed by atoms with van der Waals surface area (Å²) < 4.78 is 27.9. The monoisotopic (exact) mass is 475 g/mol. The molecule has 3 rings (SSSR count). The highest BCUT2D eigenvalue weighted by Gasteiger charge is 2.28. The highest BCUT2D eigenvalue weighted by Crippen LogP contribution is 2.29. The molecule has 162 valence electrons. The van der Waals surface area contributed by atoms with Crippen molar-refractivity contribution in [2.75, 3.05) is 10.8 Å². The van der Waals surface area contributed by atoms with Gasteiger partial charge in [-0.15, -0.1) is 11.3 Å². The van der Waals surface area contributed by atoms with Crippen molar-refractivity contribution in [1.29, 1.82) is 0 Å². The van der Waals surface area contributed by atoms with Gasteiger partial charge in [-0.25, -0.2) is 13.8 Å². The molecular weight excluding hydrogens is 454 g/mol. The third-order valence-corrected chi connectivity index (χ3v) is 7.55. The van der Waals surface area contributed by atoms with Crippen LogP contribution in [0.5, 0.6) is 0 Å². The largest absolute Gasteiger partial charge is 0.271 e. The van der Waals surface area contributed by atoms with Gasteiger partial charge in [-0.05, 0) is 62.0 Å². The molecule has 0 saturated heterocycles. The summed E-state index contributed by atoms with van der Waals surface area (Å²) in [5.74, 6) is -0.564. The minimum Gasteiger partial charge on any atom is -0.271 e. The van der Waals surface area contributed by atoms with E-state index in [1.165, 1.54) is 29.5 Å². The van der Waals surface area contributed by atoms with E-state index in [0.717, 1.165) is 14.7 Å². The van der Waals surface area contributed by atoms with Crippen LogP contribution in [0, 0.1) is 13.8 Å². The molecule has 1 heterocycles. The van der Waals surface area contributed by atoms with Crippen molar-refractivity contribution in [2.45, 2.75) is 25.7 Å². The summed E-state index contributed by atoms with van der Waals surface area (Å²) in [5, 5.41) is 6.38. The first-order chi connectivity index (χ1) is 14.7. The first-order valence-corrected chi connectivity index (χ1v) is 12.1. The predicted octanol–water partition coefficient (Wildman–Crippen LogP) is 4.75. The third-order valence-electron chi connectivity index (χ3n) is 4.56. The number of amides is 1. The Morgan fingerprint density at radius 3 is 2.48 bits per heavy atom. The van der Waals surface area contributed by atoms with Gasteiger partial charge in [-0.3, -0.25) is 9.10 Å². The molecule has 1 amide bonds. The average Bonchev–Trinajstić information content (AvgIpc) is 3.27. The Hall–Kier alpha value is -2.68. The van der Waals surface area contributed by atoms with Gasteiger partial charge in [0.05, 0.1) is 16.3 Å². The van der Waals surface area contributed by atoms with Crippen LogP contribution >= 0.6 is 22.9 Å². The number of nitrogens with zero attached hydrogens (tertiary/aromatic N) is 2. The zero-order valence-electron chi connectivity index (χ0n) is 17.3. The van der Waals surface area contributed by atoms with E-state index in [2.05, 4.69) is 10.5 Å². The first-order valence-electron chi connectivity index (χ1n) is 9.41. The number of hydrogen-bond donors (Lipinski definition) is 1. The van der Waals surface area contributed by atoms with Gasteiger partial charge in [0.2, 0.25) is 0 Å². The number of benzene rings is 2. The van der Waals surface area contributed by atoms with Crippen LogP contribution in [0.1, 0.15) is 22.9 Å². The summed E-state index contributed by atoms with van der Waals surface area (Å²) in [6.45, 7) is 4.96. The van der Waals surface area contributed by atoms with Crippen LogP contribution in [0.2, 0.25) is 5.02 Å². The molecule has 1 N–H and O–H groups in total. The maximum absolute atomic E-state index is 13.4. The van der Waals surface area contributed by atoms with Crippen molar-refractivity contribution in [3.8, 4) is 0 Å². The number of carbonyl (C=O) groups excluding carboxylic acids is 1. The Balaban J connectivity index is 1.94. The SMILES string of the molecule is C/C(=N/NC(=O)CN(c1cc(Cl)ccc1C)S(=O)(=O)c1ccc(C)cc1)c1cccs1. The molecule has 0 bridgehead atoms. The molecule has 2 aromatic carbocycles. The van der Waals surface area contributed by atoms with Gasteiger partial charge in [0, 0.05) is 9.90 Å². The molecule has 1 aromatic heterocycles. The Labute approximate surface area is 191 Å². The van der Waals surface area contributed by atoms with Crippen LogP contribution in [0.4, 0.5) is 5.69 Å². The van der Waals surface area contributed by atoms with Crippen molar-refractivity contribution in [3.05, 3.63) is 81.0 Å². The lowest BCUT2D eigenvalue weighted by Crippen LogP contribution is -2.40. The number of thiophene rings is 1. The maximum atomic E-state index is 13.4. The fourth-order valence-electron chi connectivity index (χ4n) is 2.84. The fourth-order valence-corrected chi connectivity index (χ4v) is 5.16. The molecule has 0 fully saturated rings. The summed E-state index contributed by atoms with van der Waals surface area (Å²) in [4.78, 5) is 13.7. The number of nitrogens with one attached hydrogen (secondary N) is 1. The van der Waals surface area contributed by atoms with E-state index in [1.54, 1.807) is 38.1 Å². The lowest BCUT2D eigenvalue weighted by molar-refractivity contribution is -0.119. The highest BCUT2D eigenvalue weighted by molar-refractivity contribution is 7.92. The van der Waals surface area contributed by atoms with Crippen molar-refractivity contribution in [2.24, 2.45) is 5.10 Å². The van der Waals surface area contributed by atoms with Crippen molar-refractivity contribution in [3.63, 3.8) is 0 Å². The Morgan fingerprint density at radius 2 is 1.84 bits per heavy atom. The standard InChI is InChI=1S/C22H22ClN3O3S2/c1-15-6-10-19(11-7-15)31(28,29)26(20-13-18(23)9-8-16(20)2)14-22(27)25-24-17(3)21-5-4-12-30-21/h4-13H,14H2,1-3H3,(H,25,27)/b24-17-. The average molecular weight is 476 g/mol. The fraction of sp³-hybridized carbons (Fsp3) is 0.182. The summed E-state index contributed by atoms with van der Waals surface area (Å²) in [5.41, 5.74) is 5.03. The van der Waals surface area contributed by atoms with Crippen molar-refractivity contribution >= 4 is 50.3 Å². The quantitative estimate of drug-likeness (QED) is 0.395. The van der Waals surface area contributed by atoms with E-state index in [-0.39, 0.29) is 4.90 Å². The lowest BCUT2D eigenvalue weighted by Gasteiger charge is -2.25. The molecular formula is C22H22ClN3O3S2. The molecule has 0 atom stereocenters. The molecule has 6 nitrogen and oxygen atoms in total. The van der Waals surface area contributed by atoms with E-state index >= 15 is 0 Å². The zero-order chi connectivity index (χ0) is 22.6. The molecule has 0 aliphatic heterocycles. The van der Waals surface area contributed by atoms with Gasteiger partial charge in [-0.1, -0.05) is 41.4 Å². The van der Waals surface area contributed by atoms with Gasteiger partial charge in [0.1, 0.15) is 6.54 Å². The minimum atomic E-state index is -4.02. The predicted molar refractivity (Wildman–Crippen MR) is 127 cm³/mol. The summed E-state index contributed by atoms with van der Waals surface area (Å²) in [6.07, 6.45) is 0. The van der Waals surface area contributed by atoms with Gasteiger partial charge < -0.3 is 0 Å². The zero-order valence-corrected chi connectivity index (χ0v) is 19.7. The second-order valence-electron chi connectivity index (χ2n) is 6.97. The van der Waals surface area contributed by atoms with E-state index in [1.807, 2.05) is 24.4 Å². The number of hydrazone groups is 1. The van der Waals surface area contributed by atoms with Gasteiger partial charge in [-0.2, -0.15) is 5.10 Å². The van der Waals surface area contributed by atoms with E-state index in [4.69, 9.17) is 11.6 Å². The number of sulfonamides is 1. The number of aryl methyl sites for hydroxylation is 2. The molecule has 0 unspecified atom stereocenters. The number of rotatable bonds is 7. The first kappa shape index (κ1) is 23.0. The summed E-state index contributed by atoms with van der Waals surface area (Å²) in [7, 11) is -4.02. The Kier molecular flexibility index (Phi) is 7.15. The molecule has 0 radical (unpaired) electrons. The molecule has 0 spiro atoms. The molecule has 9 heteroatoms. The van der Waals surface area contributed by atoms with Crippen LogP contribution < -0.4 is 9.73 Å². The van der Waals surface area contributed by atoms with Crippen LogP contribution in [0.3, 0.4) is 0 Å². The molecule has 0 aliphatic carbocycles. The van der Waals surface area contributed by atoms with Crippen molar-refractivity contribution < 1.29 is 13.2 Å². The number of halogens is 1. The molecule has 31 heavy (non-hydrogen) atoms. The van der Waals surface area contributed by atoms with Crippen LogP contribution in [-0.2, 0) is 14.8 Å². The Morgan fingerprint density at radius 1 is 1.13 bits per heavy atom. The van der Waals surface area contributed by atoms with Crippen molar-refractivity contribution in [1.82, 2.24) is 5.43 Å². The van der Waals surface area contributed by atoms with Gasteiger partial charge in [0.25, 0.3) is 15.9 Å². The third kappa shape index (κ3) is 5.52. The molecule has 0 saturated carbocycles. The lowest BCUT2D eigenvalue weighted by atomic mass is 10.2.